The van der Waals surface area contributed by atoms with E-state index in [1.54, 1.807) is 18.5 Å². The highest BCUT2D eigenvalue weighted by Crippen LogP contribution is 2.35. The number of alkyl halides is 2. The summed E-state index contributed by atoms with van der Waals surface area (Å²) < 4.78 is 27.3. The normalized spacial score (nSPS) is 22.4. The number of halogens is 2. The Bertz CT molecular complexity index is 910. The van der Waals surface area contributed by atoms with Gasteiger partial charge in [0.15, 0.2) is 5.65 Å². The molecule has 2 bridgehead atoms. The minimum Gasteiger partial charge on any atom is -0.337 e. The van der Waals surface area contributed by atoms with Gasteiger partial charge in [-0.05, 0) is 24.3 Å². The summed E-state index contributed by atoms with van der Waals surface area (Å²) in [7, 11) is 0. The van der Waals surface area contributed by atoms with Gasteiger partial charge >= 0.3 is 0 Å². The molecule has 0 unspecified atom stereocenters. The molecule has 6 heterocycles. The molecular weight excluding hydrogens is 314 g/mol. The van der Waals surface area contributed by atoms with E-state index < -0.39 is 6.43 Å². The number of hydrogen-bond acceptors (Lipinski definition) is 5. The third kappa shape index (κ3) is 1.92. The first-order chi connectivity index (χ1) is 11.7. The largest absolute Gasteiger partial charge is 0.337 e. The summed E-state index contributed by atoms with van der Waals surface area (Å²) in [5, 5.41) is 7.44. The minimum absolute atomic E-state index is 0.263. The Labute approximate surface area is 136 Å². The van der Waals surface area contributed by atoms with E-state index in [-0.39, 0.29) is 5.69 Å². The lowest BCUT2D eigenvalue weighted by Gasteiger charge is -2.40. The van der Waals surface area contributed by atoms with Gasteiger partial charge in [0.2, 0.25) is 0 Å². The van der Waals surface area contributed by atoms with Gasteiger partial charge in [-0.3, -0.25) is 5.32 Å². The second-order valence-corrected chi connectivity index (χ2v) is 6.10. The van der Waals surface area contributed by atoms with Crippen LogP contribution in [0.3, 0.4) is 0 Å². The van der Waals surface area contributed by atoms with E-state index in [4.69, 9.17) is 0 Å². The Morgan fingerprint density at radius 2 is 2.12 bits per heavy atom. The van der Waals surface area contributed by atoms with E-state index in [0.29, 0.717) is 23.5 Å². The molecular formula is C16H14F2N6. The van der Waals surface area contributed by atoms with Crippen LogP contribution in [0, 0.1) is 0 Å². The fourth-order valence-corrected chi connectivity index (χ4v) is 3.50. The topological polar surface area (TPSA) is 58.4 Å². The number of aromatic nitrogens is 4. The van der Waals surface area contributed by atoms with Gasteiger partial charge in [-0.15, -0.1) is 0 Å². The molecule has 0 saturated carbocycles. The molecule has 3 fully saturated rings. The first kappa shape index (κ1) is 13.8. The van der Waals surface area contributed by atoms with E-state index in [9.17, 15) is 8.78 Å². The first-order valence-electron chi connectivity index (χ1n) is 7.82. The van der Waals surface area contributed by atoms with Crippen LogP contribution in [0.25, 0.3) is 16.9 Å². The average Bonchev–Trinajstić information content (AvgIpc) is 3.30. The third-order valence-electron chi connectivity index (χ3n) is 4.73. The number of rotatable bonds is 3. The van der Waals surface area contributed by atoms with Crippen molar-refractivity contribution in [2.24, 2.45) is 0 Å². The van der Waals surface area contributed by atoms with Crippen molar-refractivity contribution in [2.45, 2.75) is 25.1 Å². The highest BCUT2D eigenvalue weighted by Gasteiger charge is 2.45. The van der Waals surface area contributed by atoms with Crippen LogP contribution >= 0.6 is 0 Å². The van der Waals surface area contributed by atoms with E-state index in [0.717, 1.165) is 24.3 Å². The van der Waals surface area contributed by atoms with Crippen molar-refractivity contribution in [1.82, 2.24) is 24.9 Å². The summed E-state index contributed by atoms with van der Waals surface area (Å²) in [5.74, 6) is 0.888. The van der Waals surface area contributed by atoms with Crippen molar-refractivity contribution < 1.29 is 8.78 Å². The number of anilines is 1. The van der Waals surface area contributed by atoms with Gasteiger partial charge < -0.3 is 4.90 Å². The van der Waals surface area contributed by atoms with Gasteiger partial charge in [-0.25, -0.2) is 23.3 Å². The third-order valence-corrected chi connectivity index (χ3v) is 4.73. The second-order valence-electron chi connectivity index (χ2n) is 6.10. The van der Waals surface area contributed by atoms with Crippen LogP contribution in [0.15, 0.2) is 36.7 Å². The van der Waals surface area contributed by atoms with Crippen molar-refractivity contribution in [1.29, 1.82) is 0 Å². The van der Waals surface area contributed by atoms with Crippen molar-refractivity contribution in [3.63, 3.8) is 0 Å². The molecule has 3 aliphatic rings. The van der Waals surface area contributed by atoms with Gasteiger partial charge in [0.05, 0.1) is 18.1 Å². The molecule has 2 atom stereocenters. The zero-order valence-electron chi connectivity index (χ0n) is 12.6. The van der Waals surface area contributed by atoms with Gasteiger partial charge in [0, 0.05) is 30.8 Å². The van der Waals surface area contributed by atoms with Crippen LogP contribution in [-0.2, 0) is 0 Å². The Morgan fingerprint density at radius 3 is 2.88 bits per heavy atom. The van der Waals surface area contributed by atoms with Gasteiger partial charge in [-0.1, -0.05) is 0 Å². The summed E-state index contributed by atoms with van der Waals surface area (Å²) in [6.45, 7) is 0.978. The monoisotopic (exact) mass is 328 g/mol. The van der Waals surface area contributed by atoms with Gasteiger partial charge in [0.1, 0.15) is 11.5 Å². The highest BCUT2D eigenvalue weighted by atomic mass is 19.3. The summed E-state index contributed by atoms with van der Waals surface area (Å²) in [5.41, 5.74) is 1.81. The molecule has 3 aromatic heterocycles. The van der Waals surface area contributed by atoms with E-state index in [1.165, 1.54) is 10.6 Å². The predicted molar refractivity (Wildman–Crippen MR) is 83.8 cm³/mol. The standard InChI is InChI=1S/C16H14F2N6/c17-16(18)11-1-2-13-21-8-12(24(13)22-11)9-3-4-19-14(5-9)23-10-6-15(23)20-7-10/h1-5,8,10,15-16,20H,6-7H2/t10-,15+/m0/s1. The molecule has 24 heavy (non-hydrogen) atoms. The molecule has 3 aromatic rings. The quantitative estimate of drug-likeness (QED) is 0.799. The van der Waals surface area contributed by atoms with E-state index in [1.807, 2.05) is 12.1 Å². The molecule has 0 amide bonds. The molecule has 0 spiro atoms. The lowest BCUT2D eigenvalue weighted by molar-refractivity contribution is 0.144. The summed E-state index contributed by atoms with van der Waals surface area (Å²) in [4.78, 5) is 11.0. The number of imidazole rings is 1. The molecule has 3 aliphatic heterocycles. The van der Waals surface area contributed by atoms with E-state index in [2.05, 4.69) is 25.3 Å². The SMILES string of the molecule is FC(F)c1ccc2ncc(-c3ccnc(N4[C@@H]5CN[C@H]4C5)c3)n2n1. The van der Waals surface area contributed by atoms with Crippen molar-refractivity contribution in [2.75, 3.05) is 11.4 Å². The second kappa shape index (κ2) is 4.94. The molecule has 3 saturated heterocycles. The number of nitrogens with zero attached hydrogens (tertiary/aromatic N) is 5. The Morgan fingerprint density at radius 1 is 1.21 bits per heavy atom. The van der Waals surface area contributed by atoms with E-state index >= 15 is 0 Å². The number of fused-ring (bicyclic) bond motifs is 2. The fourth-order valence-electron chi connectivity index (χ4n) is 3.50. The molecule has 0 radical (unpaired) electrons. The molecule has 0 aliphatic carbocycles. The Balaban J connectivity index is 1.59. The summed E-state index contributed by atoms with van der Waals surface area (Å²) in [6, 6.07) is 7.16. The van der Waals surface area contributed by atoms with Crippen LogP contribution in [0.2, 0.25) is 0 Å². The van der Waals surface area contributed by atoms with Crippen molar-refractivity contribution in [3.05, 3.63) is 42.4 Å². The van der Waals surface area contributed by atoms with Crippen molar-refractivity contribution in [3.8, 4) is 11.3 Å². The van der Waals surface area contributed by atoms with Crippen LogP contribution in [0.1, 0.15) is 18.5 Å². The molecule has 0 aromatic carbocycles. The van der Waals surface area contributed by atoms with Gasteiger partial charge in [-0.2, -0.15) is 5.10 Å². The number of nitrogens with one attached hydrogen (secondary N) is 1. The maximum Gasteiger partial charge on any atom is 0.282 e. The fraction of sp³-hybridized carbons (Fsp3) is 0.312. The minimum atomic E-state index is -2.61. The molecule has 122 valence electrons. The zero-order valence-corrected chi connectivity index (χ0v) is 12.6. The molecule has 6 rings (SSSR count). The Hall–Kier alpha value is -2.61. The lowest BCUT2D eigenvalue weighted by Crippen LogP contribution is -2.51. The predicted octanol–water partition coefficient (Wildman–Crippen LogP) is 2.24. The first-order valence-corrected chi connectivity index (χ1v) is 7.82. The van der Waals surface area contributed by atoms with Crippen LogP contribution in [0.4, 0.5) is 14.6 Å². The number of pyridine rings is 1. The smallest absolute Gasteiger partial charge is 0.282 e. The van der Waals surface area contributed by atoms with Crippen LogP contribution < -0.4 is 10.2 Å². The summed E-state index contributed by atoms with van der Waals surface area (Å²) >= 11 is 0. The molecule has 6 nitrogen and oxygen atoms in total. The average molecular weight is 328 g/mol. The molecule has 8 heteroatoms. The zero-order chi connectivity index (χ0) is 16.3. The maximum absolute atomic E-state index is 12.9. The van der Waals surface area contributed by atoms with Gasteiger partial charge in [0.25, 0.3) is 6.43 Å². The van der Waals surface area contributed by atoms with Crippen molar-refractivity contribution >= 4 is 11.5 Å². The maximum atomic E-state index is 12.9. The lowest BCUT2D eigenvalue weighted by atomic mass is 10.0. The summed E-state index contributed by atoms with van der Waals surface area (Å²) in [6.07, 6.45) is 2.27. The molecule has 1 N–H and O–H groups in total. The number of hydrogen-bond donors (Lipinski definition) is 1. The highest BCUT2D eigenvalue weighted by molar-refractivity contribution is 5.67. The Kier molecular flexibility index (Phi) is 2.84. The van der Waals surface area contributed by atoms with Crippen LogP contribution in [0.5, 0.6) is 0 Å². The van der Waals surface area contributed by atoms with Crippen LogP contribution in [-0.4, -0.2) is 38.3 Å².